The minimum absolute atomic E-state index is 0.00280. The number of hydrogen-bond acceptors (Lipinski definition) is 13. The van der Waals surface area contributed by atoms with Gasteiger partial charge < -0.3 is 49.4 Å². The van der Waals surface area contributed by atoms with Crippen LogP contribution in [-0.4, -0.2) is 82.9 Å². The van der Waals surface area contributed by atoms with Crippen molar-refractivity contribution >= 4 is 33.9 Å². The minimum atomic E-state index is -3.84. The van der Waals surface area contributed by atoms with Gasteiger partial charge in [-0.25, -0.2) is 18.0 Å². The molecule has 0 unspecified atom stereocenters. The molecule has 16 nitrogen and oxygen atoms in total. The molecule has 0 aliphatic carbocycles. The van der Waals surface area contributed by atoms with Crippen molar-refractivity contribution in [1.29, 1.82) is 0 Å². The van der Waals surface area contributed by atoms with Crippen molar-refractivity contribution in [2.24, 2.45) is 0 Å². The van der Waals surface area contributed by atoms with Crippen LogP contribution in [0.5, 0.6) is 40.5 Å². The zero-order valence-electron chi connectivity index (χ0n) is 28.6. The van der Waals surface area contributed by atoms with Crippen LogP contribution in [0.15, 0.2) is 72.1 Å². The van der Waals surface area contributed by atoms with Crippen molar-refractivity contribution in [3.05, 3.63) is 94.4 Å². The van der Waals surface area contributed by atoms with Gasteiger partial charge >= 0.3 is 12.1 Å². The quantitative estimate of drug-likeness (QED) is 0.122. The Morgan fingerprint density at radius 3 is 2.04 bits per heavy atom. The van der Waals surface area contributed by atoms with Gasteiger partial charge in [0.1, 0.15) is 17.2 Å². The fourth-order valence-corrected chi connectivity index (χ4v) is 5.86. The Morgan fingerprint density at radius 2 is 1.40 bits per heavy atom. The Labute approximate surface area is 299 Å². The molecule has 4 N–H and O–H groups in total. The molecule has 276 valence electrons. The summed E-state index contributed by atoms with van der Waals surface area (Å²) in [5.41, 5.74) is 1.04. The summed E-state index contributed by atoms with van der Waals surface area (Å²) in [5.74, 6) is -1.54. The molecule has 0 radical (unpaired) electrons. The number of nitrogens with zero attached hydrogens (tertiary/aromatic N) is 1. The summed E-state index contributed by atoms with van der Waals surface area (Å²) in [6.07, 6.45) is 0.245. The van der Waals surface area contributed by atoms with E-state index in [9.17, 15) is 33.0 Å². The number of benzene rings is 3. The Hall–Kier alpha value is -6.36. The average Bonchev–Trinajstić information content (AvgIpc) is 3.44. The summed E-state index contributed by atoms with van der Waals surface area (Å²) in [7, 11) is 1.86. The van der Waals surface area contributed by atoms with E-state index in [1.54, 1.807) is 30.3 Å². The number of hydrogen-bond donors (Lipinski definition) is 4. The fourth-order valence-electron chi connectivity index (χ4n) is 4.78. The molecule has 4 aromatic rings. The summed E-state index contributed by atoms with van der Waals surface area (Å²) < 4.78 is 53.2. The van der Waals surface area contributed by atoms with Crippen LogP contribution in [0, 0.1) is 0 Å². The maximum Gasteiger partial charge on any atom is 0.412 e. The van der Waals surface area contributed by atoms with Gasteiger partial charge in [0.25, 0.3) is 0 Å². The van der Waals surface area contributed by atoms with Crippen molar-refractivity contribution in [2.45, 2.75) is 12.2 Å². The molecule has 0 fully saturated rings. The van der Waals surface area contributed by atoms with Gasteiger partial charge in [0.2, 0.25) is 17.7 Å². The molecule has 1 heterocycles. The summed E-state index contributed by atoms with van der Waals surface area (Å²) in [4.78, 5) is 42.9. The molecule has 0 spiro atoms. The number of aromatic nitrogens is 1. The van der Waals surface area contributed by atoms with E-state index in [0.717, 1.165) is 17.5 Å². The smallest absolute Gasteiger partial charge is 0.412 e. The van der Waals surface area contributed by atoms with E-state index in [2.05, 4.69) is 10.6 Å². The lowest BCUT2D eigenvalue weighted by atomic mass is 10.0. The maximum atomic E-state index is 13.0. The standard InChI is InChI=1S/C35H37N3O13S/c1-46-24-19-28(48-3)26(29(20-24)49-4)13-16-52(44,45)21-22-9-10-27(47-2)30(17-22)50-35(43)37-15-14-36-31(39)18-23-7-5-6-8-25(23)34(42)51-38-32(40)11-12-33(38)41/h5-13,16-17,19-20,40-41H,14-15,18,21H2,1-4H3,(H,36,39)(H,37,43). The average molecular weight is 740 g/mol. The molecular formula is C35H37N3O13S. The molecule has 1 aromatic heterocycles. The monoisotopic (exact) mass is 739 g/mol. The van der Waals surface area contributed by atoms with Crippen LogP contribution in [0.1, 0.15) is 27.0 Å². The summed E-state index contributed by atoms with van der Waals surface area (Å²) >= 11 is 0. The van der Waals surface area contributed by atoms with Gasteiger partial charge in [-0.3, -0.25) is 4.79 Å². The van der Waals surface area contributed by atoms with Crippen LogP contribution >= 0.6 is 0 Å². The van der Waals surface area contributed by atoms with Crippen LogP contribution in [0.3, 0.4) is 0 Å². The van der Waals surface area contributed by atoms with Gasteiger partial charge in [-0.15, -0.1) is 4.73 Å². The molecule has 4 rings (SSSR count). The van der Waals surface area contributed by atoms with Gasteiger partial charge in [-0.1, -0.05) is 24.3 Å². The number of ether oxygens (including phenoxy) is 5. The first-order chi connectivity index (χ1) is 24.9. The second-order valence-electron chi connectivity index (χ2n) is 10.8. The largest absolute Gasteiger partial charge is 0.496 e. The molecule has 0 bridgehead atoms. The van der Waals surface area contributed by atoms with Gasteiger partial charge in [-0.05, 0) is 35.4 Å². The normalized spacial score (nSPS) is 11.1. The molecule has 0 saturated heterocycles. The van der Waals surface area contributed by atoms with E-state index in [0.29, 0.717) is 38.7 Å². The maximum absolute atomic E-state index is 13.0. The number of methoxy groups -OCH3 is 4. The first kappa shape index (κ1) is 38.4. The molecule has 3 aromatic carbocycles. The van der Waals surface area contributed by atoms with Crippen LogP contribution in [-0.2, 0) is 26.8 Å². The zero-order chi connectivity index (χ0) is 37.8. The first-order valence-corrected chi connectivity index (χ1v) is 17.1. The number of amides is 2. The van der Waals surface area contributed by atoms with Crippen LogP contribution in [0.25, 0.3) is 6.08 Å². The van der Waals surface area contributed by atoms with Crippen molar-refractivity contribution in [3.8, 4) is 40.5 Å². The zero-order valence-corrected chi connectivity index (χ0v) is 29.4. The number of sulfone groups is 1. The number of aromatic hydroxyl groups is 2. The number of nitrogens with one attached hydrogen (secondary N) is 2. The second kappa shape index (κ2) is 17.5. The van der Waals surface area contributed by atoms with E-state index < -0.39 is 45.3 Å². The van der Waals surface area contributed by atoms with Crippen molar-refractivity contribution in [2.75, 3.05) is 41.5 Å². The molecule has 2 amide bonds. The molecular weight excluding hydrogens is 702 g/mol. The topological polar surface area (TPSA) is 210 Å². The van der Waals surface area contributed by atoms with E-state index in [-0.39, 0.29) is 36.6 Å². The van der Waals surface area contributed by atoms with E-state index in [4.69, 9.17) is 28.5 Å². The summed E-state index contributed by atoms with van der Waals surface area (Å²) in [6, 6.07) is 15.9. The van der Waals surface area contributed by atoms with E-state index in [1.807, 2.05) is 0 Å². The van der Waals surface area contributed by atoms with Crippen LogP contribution < -0.4 is 39.2 Å². The number of carbonyl (C=O) groups excluding carboxylic acids is 3. The van der Waals surface area contributed by atoms with E-state index >= 15 is 0 Å². The lowest BCUT2D eigenvalue weighted by Gasteiger charge is -2.13. The molecule has 0 atom stereocenters. The molecule has 0 aliphatic heterocycles. The van der Waals surface area contributed by atoms with Crippen LogP contribution in [0.2, 0.25) is 0 Å². The number of carbonyl (C=O) groups is 3. The third kappa shape index (κ3) is 10.1. The molecule has 17 heteroatoms. The van der Waals surface area contributed by atoms with Crippen LogP contribution in [0.4, 0.5) is 4.79 Å². The first-order valence-electron chi connectivity index (χ1n) is 15.4. The van der Waals surface area contributed by atoms with Gasteiger partial charge in [0, 0.05) is 42.8 Å². The summed E-state index contributed by atoms with van der Waals surface area (Å²) in [6.45, 7) is -0.0446. The Kier molecular flexibility index (Phi) is 13.0. The summed E-state index contributed by atoms with van der Waals surface area (Å²) in [5, 5.41) is 25.6. The predicted octanol–water partition coefficient (Wildman–Crippen LogP) is 3.24. The second-order valence-corrected chi connectivity index (χ2v) is 12.7. The minimum Gasteiger partial charge on any atom is -0.496 e. The highest BCUT2D eigenvalue weighted by Crippen LogP contribution is 2.35. The lowest BCUT2D eigenvalue weighted by Crippen LogP contribution is -2.36. The SMILES string of the molecule is COc1cc(OC)c(C=CS(=O)(=O)Cc2ccc(OC)c(OC(=O)NCCNC(=O)Cc3ccccc3C(=O)On3c(O)ccc3O)c2)c(OC)c1. The number of rotatable bonds is 16. The Balaban J connectivity index is 1.31. The molecule has 0 aliphatic rings. The van der Waals surface area contributed by atoms with E-state index in [1.165, 1.54) is 58.8 Å². The molecule has 52 heavy (non-hydrogen) atoms. The third-order valence-electron chi connectivity index (χ3n) is 7.27. The highest BCUT2D eigenvalue weighted by molar-refractivity contribution is 7.93. The Morgan fingerprint density at radius 1 is 0.769 bits per heavy atom. The lowest BCUT2D eigenvalue weighted by molar-refractivity contribution is -0.120. The van der Waals surface area contributed by atoms with Crippen molar-refractivity contribution < 1.29 is 61.5 Å². The third-order valence-corrected chi connectivity index (χ3v) is 8.56. The van der Waals surface area contributed by atoms with Crippen molar-refractivity contribution in [3.63, 3.8) is 0 Å². The van der Waals surface area contributed by atoms with Gasteiger partial charge in [0.05, 0.1) is 51.7 Å². The van der Waals surface area contributed by atoms with Crippen molar-refractivity contribution in [1.82, 2.24) is 15.4 Å². The highest BCUT2D eigenvalue weighted by atomic mass is 32.2. The Bertz CT molecular complexity index is 2010. The van der Waals surface area contributed by atoms with Gasteiger partial charge in [0.15, 0.2) is 21.3 Å². The van der Waals surface area contributed by atoms with Gasteiger partial charge in [-0.2, -0.15) is 0 Å². The predicted molar refractivity (Wildman–Crippen MR) is 187 cm³/mol. The molecule has 0 saturated carbocycles. The fraction of sp³-hybridized carbons (Fsp3) is 0.229. The highest BCUT2D eigenvalue weighted by Gasteiger charge is 2.20.